The van der Waals surface area contributed by atoms with E-state index in [0.717, 1.165) is 11.1 Å². The summed E-state index contributed by atoms with van der Waals surface area (Å²) in [6.45, 7) is 2.71. The first-order valence-corrected chi connectivity index (χ1v) is 7.60. The lowest BCUT2D eigenvalue weighted by Crippen LogP contribution is -2.38. The monoisotopic (exact) mass is 308 g/mol. The molecule has 1 aliphatic heterocycles. The molecule has 1 saturated heterocycles. The van der Waals surface area contributed by atoms with Crippen molar-refractivity contribution in [3.8, 4) is 11.1 Å². The lowest BCUT2D eigenvalue weighted by molar-refractivity contribution is 0.122. The number of nitrogens with one attached hydrogen (secondary N) is 1. The van der Waals surface area contributed by atoms with E-state index >= 15 is 0 Å². The van der Waals surface area contributed by atoms with Crippen LogP contribution in [0.25, 0.3) is 22.2 Å². The molecule has 1 N–H and O–H groups in total. The zero-order valence-corrected chi connectivity index (χ0v) is 12.5. The molecule has 0 radical (unpaired) electrons. The minimum Gasteiger partial charge on any atom is -0.378 e. The number of H-pyrrole nitrogens is 1. The topological polar surface area (TPSA) is 71.1 Å². The standard InChI is InChI=1S/C17H16N4O2/c22-16-14-13(12-4-2-1-3-5-12)6-7-18-15(14)19-17(20-16)21-8-10-23-11-9-21/h1-7H,8-11H2,(H,18,19,20,22). The number of anilines is 1. The number of rotatable bonds is 2. The summed E-state index contributed by atoms with van der Waals surface area (Å²) in [5.74, 6) is 0.559. The highest BCUT2D eigenvalue weighted by Crippen LogP contribution is 2.24. The fourth-order valence-corrected chi connectivity index (χ4v) is 2.83. The molecule has 0 spiro atoms. The minimum atomic E-state index is -0.163. The van der Waals surface area contributed by atoms with Gasteiger partial charge < -0.3 is 9.64 Å². The van der Waals surface area contributed by atoms with E-state index in [1.807, 2.05) is 41.3 Å². The molecule has 116 valence electrons. The number of benzene rings is 1. The summed E-state index contributed by atoms with van der Waals surface area (Å²) >= 11 is 0. The summed E-state index contributed by atoms with van der Waals surface area (Å²) in [4.78, 5) is 26.4. The van der Waals surface area contributed by atoms with Crippen LogP contribution in [-0.4, -0.2) is 41.3 Å². The Morgan fingerprint density at radius 2 is 1.87 bits per heavy atom. The van der Waals surface area contributed by atoms with Gasteiger partial charge in [0.1, 0.15) is 0 Å². The molecule has 1 aromatic carbocycles. The lowest BCUT2D eigenvalue weighted by atomic mass is 10.0. The smallest absolute Gasteiger partial charge is 0.262 e. The van der Waals surface area contributed by atoms with Gasteiger partial charge >= 0.3 is 0 Å². The minimum absolute atomic E-state index is 0.163. The second-order valence-electron chi connectivity index (χ2n) is 5.41. The van der Waals surface area contributed by atoms with E-state index in [1.165, 1.54) is 0 Å². The first kappa shape index (κ1) is 13.9. The largest absolute Gasteiger partial charge is 0.378 e. The van der Waals surface area contributed by atoms with Gasteiger partial charge in [0.25, 0.3) is 5.56 Å². The highest BCUT2D eigenvalue weighted by molar-refractivity contribution is 5.92. The molecular weight excluding hydrogens is 292 g/mol. The van der Waals surface area contributed by atoms with E-state index in [-0.39, 0.29) is 5.56 Å². The average Bonchev–Trinajstić information content (AvgIpc) is 2.62. The summed E-state index contributed by atoms with van der Waals surface area (Å²) in [6.07, 6.45) is 1.69. The van der Waals surface area contributed by atoms with E-state index in [0.29, 0.717) is 43.3 Å². The molecule has 6 heteroatoms. The van der Waals surface area contributed by atoms with Crippen molar-refractivity contribution in [2.24, 2.45) is 0 Å². The summed E-state index contributed by atoms with van der Waals surface area (Å²) in [5, 5.41) is 0.524. The van der Waals surface area contributed by atoms with Gasteiger partial charge in [0.15, 0.2) is 5.65 Å². The Labute approximate surface area is 132 Å². The molecule has 2 aromatic heterocycles. The van der Waals surface area contributed by atoms with Crippen molar-refractivity contribution in [2.75, 3.05) is 31.2 Å². The number of morpholine rings is 1. The molecule has 3 heterocycles. The van der Waals surface area contributed by atoms with Gasteiger partial charge in [-0.05, 0) is 17.2 Å². The number of hydrogen-bond acceptors (Lipinski definition) is 5. The summed E-state index contributed by atoms with van der Waals surface area (Å²) in [5.41, 5.74) is 2.13. The molecule has 0 bridgehead atoms. The molecule has 0 unspecified atom stereocenters. The van der Waals surface area contributed by atoms with Crippen LogP contribution in [0.4, 0.5) is 5.95 Å². The molecular formula is C17H16N4O2. The van der Waals surface area contributed by atoms with Crippen molar-refractivity contribution in [1.29, 1.82) is 0 Å². The molecule has 0 aliphatic carbocycles. The Kier molecular flexibility index (Phi) is 3.51. The zero-order chi connectivity index (χ0) is 15.6. The summed E-state index contributed by atoms with van der Waals surface area (Å²) in [6, 6.07) is 11.7. The van der Waals surface area contributed by atoms with Gasteiger partial charge in [0, 0.05) is 19.3 Å². The van der Waals surface area contributed by atoms with Crippen molar-refractivity contribution >= 4 is 17.0 Å². The Balaban J connectivity index is 1.87. The first-order chi connectivity index (χ1) is 11.3. The quantitative estimate of drug-likeness (QED) is 0.782. The van der Waals surface area contributed by atoms with E-state index in [1.54, 1.807) is 6.20 Å². The van der Waals surface area contributed by atoms with Crippen LogP contribution in [0.15, 0.2) is 47.4 Å². The molecule has 23 heavy (non-hydrogen) atoms. The highest BCUT2D eigenvalue weighted by atomic mass is 16.5. The van der Waals surface area contributed by atoms with Crippen LogP contribution in [0, 0.1) is 0 Å². The molecule has 0 amide bonds. The third-order valence-electron chi connectivity index (χ3n) is 3.99. The number of nitrogens with zero attached hydrogens (tertiary/aromatic N) is 3. The van der Waals surface area contributed by atoms with Crippen LogP contribution in [0.5, 0.6) is 0 Å². The Hall–Kier alpha value is -2.73. The van der Waals surface area contributed by atoms with E-state index in [4.69, 9.17) is 4.74 Å². The van der Waals surface area contributed by atoms with Crippen molar-refractivity contribution in [2.45, 2.75) is 0 Å². The normalized spacial score (nSPS) is 15.0. The molecule has 0 saturated carbocycles. The number of ether oxygens (including phenoxy) is 1. The van der Waals surface area contributed by atoms with Crippen molar-refractivity contribution in [1.82, 2.24) is 15.0 Å². The van der Waals surface area contributed by atoms with Gasteiger partial charge in [0.05, 0.1) is 18.6 Å². The van der Waals surface area contributed by atoms with Crippen LogP contribution < -0.4 is 10.5 Å². The van der Waals surface area contributed by atoms with E-state index in [9.17, 15) is 4.79 Å². The lowest BCUT2D eigenvalue weighted by Gasteiger charge is -2.27. The second kappa shape index (κ2) is 5.81. The molecule has 1 fully saturated rings. The Morgan fingerprint density at radius 1 is 1.09 bits per heavy atom. The third-order valence-corrected chi connectivity index (χ3v) is 3.99. The second-order valence-corrected chi connectivity index (χ2v) is 5.41. The van der Waals surface area contributed by atoms with Crippen LogP contribution in [0.1, 0.15) is 0 Å². The van der Waals surface area contributed by atoms with Gasteiger partial charge in [-0.1, -0.05) is 30.3 Å². The fraction of sp³-hybridized carbons (Fsp3) is 0.235. The third kappa shape index (κ3) is 2.57. The maximum atomic E-state index is 12.6. The van der Waals surface area contributed by atoms with Crippen LogP contribution in [-0.2, 0) is 4.74 Å². The maximum Gasteiger partial charge on any atom is 0.262 e. The molecule has 4 rings (SSSR count). The van der Waals surface area contributed by atoms with E-state index < -0.39 is 0 Å². The van der Waals surface area contributed by atoms with Gasteiger partial charge in [-0.3, -0.25) is 9.78 Å². The van der Waals surface area contributed by atoms with Crippen molar-refractivity contribution in [3.05, 3.63) is 52.9 Å². The predicted octanol–water partition coefficient (Wildman–Crippen LogP) is 1.82. The van der Waals surface area contributed by atoms with Gasteiger partial charge in [-0.15, -0.1) is 0 Å². The van der Waals surface area contributed by atoms with Gasteiger partial charge in [-0.2, -0.15) is 4.98 Å². The van der Waals surface area contributed by atoms with Crippen molar-refractivity contribution < 1.29 is 4.74 Å². The average molecular weight is 308 g/mol. The molecule has 3 aromatic rings. The van der Waals surface area contributed by atoms with Crippen LogP contribution in [0.3, 0.4) is 0 Å². The molecule has 0 atom stereocenters. The Morgan fingerprint density at radius 3 is 2.65 bits per heavy atom. The SMILES string of the molecule is O=c1[nH]c(N2CCOCC2)nc2nccc(-c3ccccc3)c12. The first-order valence-electron chi connectivity index (χ1n) is 7.60. The Bertz CT molecular complexity index is 886. The predicted molar refractivity (Wildman–Crippen MR) is 88.6 cm³/mol. The van der Waals surface area contributed by atoms with Crippen LogP contribution >= 0.6 is 0 Å². The van der Waals surface area contributed by atoms with E-state index in [2.05, 4.69) is 15.0 Å². The summed E-state index contributed by atoms with van der Waals surface area (Å²) in [7, 11) is 0. The highest BCUT2D eigenvalue weighted by Gasteiger charge is 2.17. The number of fused-ring (bicyclic) bond motifs is 1. The van der Waals surface area contributed by atoms with Crippen molar-refractivity contribution in [3.63, 3.8) is 0 Å². The van der Waals surface area contributed by atoms with Gasteiger partial charge in [0.2, 0.25) is 5.95 Å². The molecule has 6 nitrogen and oxygen atoms in total. The fourth-order valence-electron chi connectivity index (χ4n) is 2.83. The van der Waals surface area contributed by atoms with Gasteiger partial charge in [-0.25, -0.2) is 4.98 Å². The molecule has 1 aliphatic rings. The number of hydrogen-bond donors (Lipinski definition) is 1. The number of aromatic amines is 1. The number of pyridine rings is 1. The summed E-state index contributed by atoms with van der Waals surface area (Å²) < 4.78 is 5.34. The van der Waals surface area contributed by atoms with Crippen LogP contribution in [0.2, 0.25) is 0 Å². The number of aromatic nitrogens is 3. The maximum absolute atomic E-state index is 12.6. The zero-order valence-electron chi connectivity index (χ0n) is 12.5.